The zero-order valence-corrected chi connectivity index (χ0v) is 24.3. The molecule has 0 spiro atoms. The molecule has 0 aliphatic carbocycles. The molecule has 0 bridgehead atoms. The van der Waals surface area contributed by atoms with Gasteiger partial charge in [-0.1, -0.05) is 145 Å². The van der Waals surface area contributed by atoms with Gasteiger partial charge < -0.3 is 4.42 Å². The molecular weight excluding hydrogens is 544 g/mol. The van der Waals surface area contributed by atoms with E-state index in [-0.39, 0.29) is 24.2 Å². The fraction of sp³-hybridized carbons (Fsp3) is 0. The molecule has 210 valence electrons. The summed E-state index contributed by atoms with van der Waals surface area (Å²) in [5.74, 6) is 0. The quantitative estimate of drug-likeness (QED) is 0.190. The van der Waals surface area contributed by atoms with Crippen LogP contribution in [0.25, 0.3) is 88.0 Å². The summed E-state index contributed by atoms with van der Waals surface area (Å²) in [6.07, 6.45) is 0. The SMILES string of the molecule is [2H]c1c([2H])c([2H])c(-c2c3ccccc3c(-c3ccc4oc5ccc(-c6ccccc6)cc5c4c3)c3ccccc23)c(-c2ccccc2)c1[2H]. The third-order valence-electron chi connectivity index (χ3n) is 8.80. The summed E-state index contributed by atoms with van der Waals surface area (Å²) >= 11 is 0. The summed E-state index contributed by atoms with van der Waals surface area (Å²) < 4.78 is 41.9. The summed E-state index contributed by atoms with van der Waals surface area (Å²) in [6, 6.07) is 48.4. The molecule has 0 saturated carbocycles. The standard InChI is InChI=1S/C44H28O/c1-3-13-29(14-4-1)31-23-25-41-39(27-31)40-28-32(24-26-42(40)45-41)43-35-19-9-11-21-37(35)44(38-22-12-10-20-36(38)43)34-18-8-7-17-33(34)30-15-5-2-6-16-30/h1-28H/i7D,8D,17D,18D. The van der Waals surface area contributed by atoms with E-state index in [0.717, 1.165) is 76.9 Å². The van der Waals surface area contributed by atoms with E-state index in [1.165, 1.54) is 0 Å². The topological polar surface area (TPSA) is 13.1 Å². The highest BCUT2D eigenvalue weighted by Crippen LogP contribution is 2.46. The molecular formula is C44H28O. The number of furan rings is 1. The second kappa shape index (κ2) is 10.4. The Bertz CT molecular complexity index is 2690. The molecule has 9 rings (SSSR count). The minimum atomic E-state index is -0.246. The van der Waals surface area contributed by atoms with Crippen LogP contribution in [0.1, 0.15) is 5.48 Å². The Morgan fingerprint density at radius 1 is 0.356 bits per heavy atom. The largest absolute Gasteiger partial charge is 0.456 e. The Labute approximate surface area is 267 Å². The molecule has 1 aromatic heterocycles. The summed E-state index contributed by atoms with van der Waals surface area (Å²) in [7, 11) is 0. The van der Waals surface area contributed by atoms with Gasteiger partial charge in [-0.25, -0.2) is 0 Å². The van der Waals surface area contributed by atoms with Crippen LogP contribution in [0.4, 0.5) is 0 Å². The van der Waals surface area contributed by atoms with Crippen LogP contribution in [0.3, 0.4) is 0 Å². The molecule has 0 amide bonds. The number of hydrogen-bond donors (Lipinski definition) is 0. The van der Waals surface area contributed by atoms with E-state index in [4.69, 9.17) is 8.53 Å². The normalized spacial score (nSPS) is 12.8. The first kappa shape index (κ1) is 21.7. The molecule has 8 aromatic carbocycles. The third-order valence-corrected chi connectivity index (χ3v) is 8.80. The summed E-state index contributed by atoms with van der Waals surface area (Å²) in [5.41, 5.74) is 8.57. The molecule has 1 nitrogen and oxygen atoms in total. The lowest BCUT2D eigenvalue weighted by Gasteiger charge is -2.19. The van der Waals surface area contributed by atoms with Gasteiger partial charge in [0.15, 0.2) is 0 Å². The maximum Gasteiger partial charge on any atom is 0.135 e. The van der Waals surface area contributed by atoms with Crippen LogP contribution < -0.4 is 0 Å². The van der Waals surface area contributed by atoms with E-state index in [9.17, 15) is 1.37 Å². The third kappa shape index (κ3) is 4.17. The maximum atomic E-state index is 9.26. The summed E-state index contributed by atoms with van der Waals surface area (Å²) in [4.78, 5) is 0. The highest BCUT2D eigenvalue weighted by Gasteiger charge is 2.19. The van der Waals surface area contributed by atoms with E-state index < -0.39 is 0 Å². The van der Waals surface area contributed by atoms with E-state index in [1.807, 2.05) is 72.8 Å². The van der Waals surface area contributed by atoms with Gasteiger partial charge in [0.25, 0.3) is 0 Å². The Morgan fingerprint density at radius 2 is 0.822 bits per heavy atom. The highest BCUT2D eigenvalue weighted by atomic mass is 16.3. The Hall–Kier alpha value is -5.92. The van der Waals surface area contributed by atoms with E-state index in [0.29, 0.717) is 11.1 Å². The average molecular weight is 577 g/mol. The van der Waals surface area contributed by atoms with Crippen molar-refractivity contribution in [1.82, 2.24) is 0 Å². The fourth-order valence-corrected chi connectivity index (χ4v) is 6.77. The van der Waals surface area contributed by atoms with Crippen LogP contribution >= 0.6 is 0 Å². The minimum absolute atomic E-state index is 0.0494. The summed E-state index contributed by atoms with van der Waals surface area (Å²) in [6.45, 7) is 0. The van der Waals surface area contributed by atoms with Gasteiger partial charge in [-0.3, -0.25) is 0 Å². The number of rotatable bonds is 4. The fourth-order valence-electron chi connectivity index (χ4n) is 6.77. The predicted molar refractivity (Wildman–Crippen MR) is 190 cm³/mol. The molecule has 0 radical (unpaired) electrons. The van der Waals surface area contributed by atoms with E-state index in [2.05, 4.69) is 72.8 Å². The monoisotopic (exact) mass is 576 g/mol. The zero-order valence-electron chi connectivity index (χ0n) is 28.3. The minimum Gasteiger partial charge on any atom is -0.456 e. The smallest absolute Gasteiger partial charge is 0.135 e. The van der Waals surface area contributed by atoms with Gasteiger partial charge in [0.05, 0.1) is 5.48 Å². The molecule has 0 aliphatic heterocycles. The van der Waals surface area contributed by atoms with Crippen LogP contribution in [-0.4, -0.2) is 0 Å². The van der Waals surface area contributed by atoms with Crippen LogP contribution in [0, 0.1) is 0 Å². The molecule has 0 aliphatic rings. The van der Waals surface area contributed by atoms with Crippen molar-refractivity contribution in [3.8, 4) is 44.5 Å². The van der Waals surface area contributed by atoms with Gasteiger partial charge in [0.1, 0.15) is 11.2 Å². The van der Waals surface area contributed by atoms with Gasteiger partial charge in [-0.15, -0.1) is 0 Å². The van der Waals surface area contributed by atoms with Crippen molar-refractivity contribution in [2.45, 2.75) is 0 Å². The van der Waals surface area contributed by atoms with Crippen molar-refractivity contribution < 1.29 is 9.90 Å². The lowest BCUT2D eigenvalue weighted by Crippen LogP contribution is -1.92. The maximum absolute atomic E-state index is 9.26. The van der Waals surface area contributed by atoms with Gasteiger partial charge in [-0.05, 0) is 90.3 Å². The Balaban J connectivity index is 1.36. The summed E-state index contributed by atoms with van der Waals surface area (Å²) in [5, 5.41) is 5.92. The Morgan fingerprint density at radius 3 is 1.42 bits per heavy atom. The van der Waals surface area contributed by atoms with Crippen LogP contribution in [0.2, 0.25) is 0 Å². The molecule has 1 heterocycles. The molecule has 0 N–H and O–H groups in total. The van der Waals surface area contributed by atoms with Crippen LogP contribution in [0.15, 0.2) is 174 Å². The average Bonchev–Trinajstić information content (AvgIpc) is 3.52. The first-order chi connectivity index (χ1) is 24.0. The van der Waals surface area contributed by atoms with Crippen LogP contribution in [0.5, 0.6) is 0 Å². The van der Waals surface area contributed by atoms with Crippen molar-refractivity contribution in [3.63, 3.8) is 0 Å². The highest BCUT2D eigenvalue weighted by molar-refractivity contribution is 6.23. The zero-order chi connectivity index (χ0) is 33.2. The predicted octanol–water partition coefficient (Wildman–Crippen LogP) is 12.6. The molecule has 9 aromatic rings. The molecule has 0 atom stereocenters. The lowest BCUT2D eigenvalue weighted by molar-refractivity contribution is 0.669. The van der Waals surface area contributed by atoms with Gasteiger partial charge >= 0.3 is 0 Å². The van der Waals surface area contributed by atoms with Gasteiger partial charge in [-0.2, -0.15) is 0 Å². The second-order valence-corrected chi connectivity index (χ2v) is 11.3. The molecule has 0 saturated heterocycles. The first-order valence-electron chi connectivity index (χ1n) is 17.1. The molecule has 1 heteroatoms. The molecule has 0 fully saturated rings. The van der Waals surface area contributed by atoms with Crippen molar-refractivity contribution in [2.75, 3.05) is 0 Å². The lowest BCUT2D eigenvalue weighted by atomic mass is 9.83. The van der Waals surface area contributed by atoms with Crippen molar-refractivity contribution in [2.24, 2.45) is 0 Å². The molecule has 45 heavy (non-hydrogen) atoms. The van der Waals surface area contributed by atoms with Crippen molar-refractivity contribution in [1.29, 1.82) is 0 Å². The second-order valence-electron chi connectivity index (χ2n) is 11.3. The van der Waals surface area contributed by atoms with E-state index >= 15 is 0 Å². The first-order valence-corrected chi connectivity index (χ1v) is 15.1. The van der Waals surface area contributed by atoms with Gasteiger partial charge in [0, 0.05) is 10.8 Å². The van der Waals surface area contributed by atoms with Crippen molar-refractivity contribution in [3.05, 3.63) is 170 Å². The number of hydrogen-bond acceptors (Lipinski definition) is 1. The van der Waals surface area contributed by atoms with Gasteiger partial charge in [0.2, 0.25) is 0 Å². The molecule has 0 unspecified atom stereocenters. The van der Waals surface area contributed by atoms with Crippen LogP contribution in [-0.2, 0) is 0 Å². The number of fused-ring (bicyclic) bond motifs is 5. The Kier molecular flexibility index (Phi) is 5.00. The number of benzene rings is 8. The van der Waals surface area contributed by atoms with E-state index in [1.54, 1.807) is 0 Å². The van der Waals surface area contributed by atoms with Crippen molar-refractivity contribution >= 4 is 43.5 Å².